The second-order valence-electron chi connectivity index (χ2n) is 3.27. The summed E-state index contributed by atoms with van der Waals surface area (Å²) >= 11 is 1.20. The molecule has 0 unspecified atom stereocenters. The molecule has 0 saturated carbocycles. The SMILES string of the molecule is COc1cc(C)nc(CSC(=N)N=C(N)N)c1. The van der Waals surface area contributed by atoms with Crippen LogP contribution in [0.1, 0.15) is 11.4 Å². The van der Waals surface area contributed by atoms with E-state index in [-0.39, 0.29) is 11.1 Å². The van der Waals surface area contributed by atoms with Crippen LogP contribution in [0.2, 0.25) is 0 Å². The summed E-state index contributed by atoms with van der Waals surface area (Å²) in [4.78, 5) is 7.94. The lowest BCUT2D eigenvalue weighted by Crippen LogP contribution is -2.23. The fourth-order valence-corrected chi connectivity index (χ4v) is 1.79. The number of methoxy groups -OCH3 is 1. The number of aliphatic imine (C=N–C) groups is 1. The van der Waals surface area contributed by atoms with Crippen LogP contribution in [-0.4, -0.2) is 23.2 Å². The van der Waals surface area contributed by atoms with Crippen LogP contribution >= 0.6 is 11.8 Å². The molecule has 0 aliphatic carbocycles. The van der Waals surface area contributed by atoms with Crippen molar-refractivity contribution in [1.82, 2.24) is 4.98 Å². The molecule has 0 aliphatic rings. The summed E-state index contributed by atoms with van der Waals surface area (Å²) in [6.07, 6.45) is 0. The number of thioether (sulfide) groups is 1. The second kappa shape index (κ2) is 6.09. The molecule has 0 spiro atoms. The Morgan fingerprint density at radius 2 is 2.24 bits per heavy atom. The highest BCUT2D eigenvalue weighted by atomic mass is 32.2. The molecule has 1 rings (SSSR count). The topological polar surface area (TPSA) is 110 Å². The normalized spacial score (nSPS) is 9.76. The fraction of sp³-hybridized carbons (Fsp3) is 0.300. The molecule has 7 heteroatoms. The Labute approximate surface area is 104 Å². The standard InChI is InChI=1S/C10H15N5OS/c1-6-3-8(16-2)4-7(14-6)5-17-10(13)15-9(11)12/h3-4H,5H2,1-2H3,(H5,11,12,13,15). The largest absolute Gasteiger partial charge is 0.497 e. The van der Waals surface area contributed by atoms with E-state index in [1.807, 2.05) is 19.1 Å². The maximum absolute atomic E-state index is 7.48. The molecule has 0 aliphatic heterocycles. The molecule has 17 heavy (non-hydrogen) atoms. The van der Waals surface area contributed by atoms with Crippen LogP contribution in [0.4, 0.5) is 0 Å². The maximum Gasteiger partial charge on any atom is 0.193 e. The lowest BCUT2D eigenvalue weighted by molar-refractivity contribution is 0.413. The van der Waals surface area contributed by atoms with Crippen LogP contribution in [0.3, 0.4) is 0 Å². The average Bonchev–Trinajstić information content (AvgIpc) is 2.24. The third kappa shape index (κ3) is 4.73. The number of nitrogens with zero attached hydrogens (tertiary/aromatic N) is 2. The van der Waals surface area contributed by atoms with Crippen molar-refractivity contribution in [2.24, 2.45) is 16.5 Å². The van der Waals surface area contributed by atoms with Gasteiger partial charge in [-0.2, -0.15) is 4.99 Å². The zero-order valence-electron chi connectivity index (χ0n) is 9.73. The molecule has 1 aromatic heterocycles. The van der Waals surface area contributed by atoms with Gasteiger partial charge >= 0.3 is 0 Å². The molecule has 5 N–H and O–H groups in total. The molecule has 0 aromatic carbocycles. The van der Waals surface area contributed by atoms with Gasteiger partial charge in [0.15, 0.2) is 11.1 Å². The summed E-state index contributed by atoms with van der Waals surface area (Å²) in [6.45, 7) is 1.89. The summed E-state index contributed by atoms with van der Waals surface area (Å²) in [5.74, 6) is 1.16. The van der Waals surface area contributed by atoms with Crippen molar-refractivity contribution < 1.29 is 4.74 Å². The van der Waals surface area contributed by atoms with Crippen LogP contribution in [0.5, 0.6) is 5.75 Å². The summed E-state index contributed by atoms with van der Waals surface area (Å²) in [5.41, 5.74) is 12.0. The van der Waals surface area contributed by atoms with Crippen LogP contribution in [0.25, 0.3) is 0 Å². The third-order valence-electron chi connectivity index (χ3n) is 1.80. The highest BCUT2D eigenvalue weighted by Crippen LogP contribution is 2.18. The van der Waals surface area contributed by atoms with Crippen molar-refractivity contribution in [3.63, 3.8) is 0 Å². The number of nitrogens with two attached hydrogens (primary N) is 2. The predicted octanol–water partition coefficient (Wildman–Crippen LogP) is 0.840. The molecule has 0 saturated heterocycles. The Kier molecular flexibility index (Phi) is 4.77. The molecule has 0 amide bonds. The van der Waals surface area contributed by atoms with Gasteiger partial charge in [0.25, 0.3) is 0 Å². The molecule has 0 bridgehead atoms. The lowest BCUT2D eigenvalue weighted by Gasteiger charge is -2.05. The van der Waals surface area contributed by atoms with Gasteiger partial charge in [-0.25, -0.2) is 0 Å². The zero-order valence-corrected chi connectivity index (χ0v) is 10.5. The van der Waals surface area contributed by atoms with Gasteiger partial charge in [0, 0.05) is 23.6 Å². The molecule has 92 valence electrons. The van der Waals surface area contributed by atoms with E-state index >= 15 is 0 Å². The van der Waals surface area contributed by atoms with Crippen molar-refractivity contribution in [1.29, 1.82) is 5.41 Å². The molecule has 1 heterocycles. The van der Waals surface area contributed by atoms with Gasteiger partial charge in [-0.05, 0) is 6.92 Å². The van der Waals surface area contributed by atoms with E-state index < -0.39 is 0 Å². The smallest absolute Gasteiger partial charge is 0.193 e. The Hall–Kier alpha value is -1.76. The van der Waals surface area contributed by atoms with E-state index in [0.717, 1.165) is 17.1 Å². The van der Waals surface area contributed by atoms with Gasteiger partial charge < -0.3 is 16.2 Å². The third-order valence-corrected chi connectivity index (χ3v) is 2.61. The molecule has 0 radical (unpaired) electrons. The zero-order chi connectivity index (χ0) is 12.8. The first-order chi connectivity index (χ1) is 8.01. The molecule has 0 atom stereocenters. The minimum atomic E-state index is -0.114. The number of hydrogen-bond donors (Lipinski definition) is 3. The van der Waals surface area contributed by atoms with Gasteiger partial charge in [-0.3, -0.25) is 10.4 Å². The van der Waals surface area contributed by atoms with E-state index in [2.05, 4.69) is 9.98 Å². The number of ether oxygens (including phenoxy) is 1. The number of nitrogens with one attached hydrogen (secondary N) is 1. The van der Waals surface area contributed by atoms with E-state index in [4.69, 9.17) is 21.6 Å². The Balaban J connectivity index is 2.66. The lowest BCUT2D eigenvalue weighted by atomic mass is 10.3. The number of guanidine groups is 1. The van der Waals surface area contributed by atoms with Crippen molar-refractivity contribution >= 4 is 22.9 Å². The summed E-state index contributed by atoms with van der Waals surface area (Å²) < 4.78 is 5.14. The minimum absolute atomic E-state index is 0.0623. The number of pyridine rings is 1. The number of amidine groups is 1. The minimum Gasteiger partial charge on any atom is -0.497 e. The fourth-order valence-electron chi connectivity index (χ4n) is 1.19. The first-order valence-electron chi connectivity index (χ1n) is 4.84. The van der Waals surface area contributed by atoms with Gasteiger partial charge in [0.1, 0.15) is 5.75 Å². The van der Waals surface area contributed by atoms with E-state index in [0.29, 0.717) is 5.75 Å². The highest BCUT2D eigenvalue weighted by molar-refractivity contribution is 8.13. The van der Waals surface area contributed by atoms with Crippen LogP contribution in [0.15, 0.2) is 17.1 Å². The Bertz CT molecular complexity index is 442. The first kappa shape index (κ1) is 13.3. The Morgan fingerprint density at radius 1 is 1.53 bits per heavy atom. The quantitative estimate of drug-likeness (QED) is 0.546. The highest BCUT2D eigenvalue weighted by Gasteiger charge is 2.03. The number of hydrogen-bond acceptors (Lipinski definition) is 4. The number of aryl methyl sites for hydroxylation is 1. The van der Waals surface area contributed by atoms with Crippen molar-refractivity contribution in [2.45, 2.75) is 12.7 Å². The van der Waals surface area contributed by atoms with Crippen molar-refractivity contribution in [3.8, 4) is 5.75 Å². The summed E-state index contributed by atoms with van der Waals surface area (Å²) in [7, 11) is 1.60. The maximum atomic E-state index is 7.48. The van der Waals surface area contributed by atoms with Gasteiger partial charge in [-0.15, -0.1) is 0 Å². The first-order valence-corrected chi connectivity index (χ1v) is 5.82. The van der Waals surface area contributed by atoms with Gasteiger partial charge in [-0.1, -0.05) is 11.8 Å². The number of rotatable bonds is 3. The predicted molar refractivity (Wildman–Crippen MR) is 70.4 cm³/mol. The van der Waals surface area contributed by atoms with E-state index in [1.165, 1.54) is 11.8 Å². The van der Waals surface area contributed by atoms with Crippen molar-refractivity contribution in [2.75, 3.05) is 7.11 Å². The Morgan fingerprint density at radius 3 is 2.82 bits per heavy atom. The van der Waals surface area contributed by atoms with Crippen LogP contribution in [0, 0.1) is 12.3 Å². The van der Waals surface area contributed by atoms with E-state index in [9.17, 15) is 0 Å². The molecule has 1 aromatic rings. The molecule has 6 nitrogen and oxygen atoms in total. The summed E-state index contributed by atoms with van der Waals surface area (Å²) in [5, 5.41) is 7.54. The van der Waals surface area contributed by atoms with Crippen LogP contribution < -0.4 is 16.2 Å². The monoisotopic (exact) mass is 253 g/mol. The van der Waals surface area contributed by atoms with Crippen LogP contribution in [-0.2, 0) is 5.75 Å². The molecular formula is C10H15N5OS. The van der Waals surface area contributed by atoms with Crippen molar-refractivity contribution in [3.05, 3.63) is 23.5 Å². The van der Waals surface area contributed by atoms with Gasteiger partial charge in [0.2, 0.25) is 0 Å². The number of aromatic nitrogens is 1. The molecular weight excluding hydrogens is 238 g/mol. The van der Waals surface area contributed by atoms with E-state index in [1.54, 1.807) is 7.11 Å². The average molecular weight is 253 g/mol. The second-order valence-corrected chi connectivity index (χ2v) is 4.23. The molecule has 0 fully saturated rings. The summed E-state index contributed by atoms with van der Waals surface area (Å²) in [6, 6.07) is 3.66. The van der Waals surface area contributed by atoms with Gasteiger partial charge in [0.05, 0.1) is 12.8 Å².